The third-order valence-corrected chi connectivity index (χ3v) is 9.39. The molecule has 284 valence electrons. The van der Waals surface area contributed by atoms with Crippen LogP contribution in [0.2, 0.25) is 0 Å². The highest BCUT2D eigenvalue weighted by atomic mass is 16.7. The molecule has 2 unspecified atom stereocenters. The van der Waals surface area contributed by atoms with Gasteiger partial charge in [-0.2, -0.15) is 0 Å². The molecule has 2 aliphatic rings. The molecule has 2 atom stereocenters. The summed E-state index contributed by atoms with van der Waals surface area (Å²) in [5, 5.41) is 6.68. The Balaban J connectivity index is 1.34. The molecule has 0 amide bonds. The van der Waals surface area contributed by atoms with Gasteiger partial charge in [0.15, 0.2) is 23.0 Å². The van der Waals surface area contributed by atoms with E-state index in [1.165, 1.54) is 14.2 Å². The van der Waals surface area contributed by atoms with Gasteiger partial charge in [-0.25, -0.2) is 9.59 Å². The second kappa shape index (κ2) is 16.5. The molecular weight excluding hydrogens is 692 g/mol. The predicted molar refractivity (Wildman–Crippen MR) is 201 cm³/mol. The molecule has 2 heterocycles. The van der Waals surface area contributed by atoms with Crippen LogP contribution in [0.3, 0.4) is 0 Å². The van der Waals surface area contributed by atoms with Gasteiger partial charge < -0.3 is 48.5 Å². The van der Waals surface area contributed by atoms with Crippen LogP contribution >= 0.6 is 0 Å². The molecule has 12 heteroatoms. The van der Waals surface area contributed by atoms with E-state index >= 15 is 0 Å². The minimum absolute atomic E-state index is 0.106. The Labute approximate surface area is 315 Å². The molecule has 0 spiro atoms. The molecule has 0 saturated carbocycles. The number of methoxy groups -OCH3 is 4. The normalized spacial score (nSPS) is 19.3. The zero-order valence-electron chi connectivity index (χ0n) is 31.4. The predicted octanol–water partition coefficient (Wildman–Crippen LogP) is 5.44. The number of carbonyl (C=O) groups is 2. The van der Waals surface area contributed by atoms with E-state index in [4.69, 9.17) is 37.9 Å². The molecule has 2 aliphatic heterocycles. The number of fused-ring (bicyclic) bond motifs is 2. The maximum Gasteiger partial charge on any atom is 0.334 e. The second-order valence-electron chi connectivity index (χ2n) is 13.1. The van der Waals surface area contributed by atoms with Crippen LogP contribution in [0.5, 0.6) is 34.5 Å². The first kappa shape index (κ1) is 38.0. The van der Waals surface area contributed by atoms with E-state index in [2.05, 4.69) is 10.6 Å². The van der Waals surface area contributed by atoms with Crippen molar-refractivity contribution < 1.29 is 47.5 Å². The van der Waals surface area contributed by atoms with E-state index in [1.54, 1.807) is 50.6 Å². The number of benzene rings is 4. The van der Waals surface area contributed by atoms with Gasteiger partial charge in [0.25, 0.3) is 11.6 Å². The molecule has 0 saturated heterocycles. The standard InChI is InChI=1S/C42H46N2O10/c1-27-7-11-31(12-8-27)51-41(25-43-19-17-29-21-35(47-3)37(49-5)23-33(29)41)53-39(45)15-16-40(46)54-42(52-32-13-9-28(2)10-14-32)26-44-20-18-30-22-36(48-4)38(50-6)24-34(30)42/h7-16,21-24,43-44H,17-20,25-26H2,1-6H3/b16-15-. The second-order valence-corrected chi connectivity index (χ2v) is 13.1. The number of carbonyl (C=O) groups excluding carboxylic acids is 2. The highest BCUT2D eigenvalue weighted by Crippen LogP contribution is 2.42. The van der Waals surface area contributed by atoms with Crippen LogP contribution in [0.15, 0.2) is 84.9 Å². The number of aryl methyl sites for hydroxylation is 2. The molecule has 4 aromatic rings. The quantitative estimate of drug-likeness (QED) is 0.109. The van der Waals surface area contributed by atoms with Crippen molar-refractivity contribution in [2.24, 2.45) is 0 Å². The summed E-state index contributed by atoms with van der Waals surface area (Å²) in [6.45, 7) is 5.31. The number of hydrogen-bond donors (Lipinski definition) is 2. The van der Waals surface area contributed by atoms with Crippen LogP contribution < -0.4 is 39.1 Å². The maximum absolute atomic E-state index is 13.8. The minimum atomic E-state index is -1.65. The lowest BCUT2D eigenvalue weighted by molar-refractivity contribution is -0.198. The summed E-state index contributed by atoms with van der Waals surface area (Å²) >= 11 is 0. The molecule has 0 aromatic heterocycles. The Kier molecular flexibility index (Phi) is 11.6. The van der Waals surface area contributed by atoms with Crippen molar-refractivity contribution in [2.75, 3.05) is 54.6 Å². The molecule has 12 nitrogen and oxygen atoms in total. The van der Waals surface area contributed by atoms with Crippen molar-refractivity contribution in [1.82, 2.24) is 10.6 Å². The van der Waals surface area contributed by atoms with Gasteiger partial charge in [-0.3, -0.25) is 0 Å². The Hall–Kier alpha value is -5.72. The van der Waals surface area contributed by atoms with Crippen molar-refractivity contribution in [3.63, 3.8) is 0 Å². The molecule has 0 radical (unpaired) electrons. The summed E-state index contributed by atoms with van der Waals surface area (Å²) in [6, 6.07) is 22.1. The molecular formula is C42H46N2O10. The first-order valence-electron chi connectivity index (χ1n) is 17.7. The largest absolute Gasteiger partial charge is 0.493 e. The first-order chi connectivity index (χ1) is 26.1. The van der Waals surface area contributed by atoms with Crippen LogP contribution in [0.4, 0.5) is 0 Å². The topological polar surface area (TPSA) is 132 Å². The third-order valence-electron chi connectivity index (χ3n) is 9.39. The van der Waals surface area contributed by atoms with Crippen LogP contribution in [0, 0.1) is 13.8 Å². The first-order valence-corrected chi connectivity index (χ1v) is 17.7. The monoisotopic (exact) mass is 738 g/mol. The zero-order valence-corrected chi connectivity index (χ0v) is 31.4. The third kappa shape index (κ3) is 8.24. The fourth-order valence-corrected chi connectivity index (χ4v) is 6.64. The highest BCUT2D eigenvalue weighted by Gasteiger charge is 2.44. The molecule has 0 bridgehead atoms. The lowest BCUT2D eigenvalue weighted by atomic mass is 9.97. The number of hydrogen-bond acceptors (Lipinski definition) is 12. The Bertz CT molecular complexity index is 1850. The van der Waals surface area contributed by atoms with Gasteiger partial charge in [0, 0.05) is 23.3 Å². The van der Waals surface area contributed by atoms with E-state index in [0.29, 0.717) is 71.6 Å². The summed E-state index contributed by atoms with van der Waals surface area (Å²) in [5.74, 6) is -2.10. The summed E-state index contributed by atoms with van der Waals surface area (Å²) in [7, 11) is 6.19. The smallest absolute Gasteiger partial charge is 0.334 e. The van der Waals surface area contributed by atoms with Crippen molar-refractivity contribution in [2.45, 2.75) is 38.3 Å². The van der Waals surface area contributed by atoms with Crippen molar-refractivity contribution in [3.05, 3.63) is 118 Å². The summed E-state index contributed by atoms with van der Waals surface area (Å²) in [6.07, 6.45) is 3.24. The average molecular weight is 739 g/mol. The average Bonchev–Trinajstić information content (AvgIpc) is 3.45. The van der Waals surface area contributed by atoms with Crippen LogP contribution in [0.25, 0.3) is 0 Å². The van der Waals surface area contributed by atoms with E-state index in [-0.39, 0.29) is 13.1 Å². The number of esters is 2. The zero-order chi connectivity index (χ0) is 38.3. The Morgan fingerprint density at radius 3 is 1.26 bits per heavy atom. The fourth-order valence-electron chi connectivity index (χ4n) is 6.64. The van der Waals surface area contributed by atoms with Gasteiger partial charge in [-0.05, 0) is 99.4 Å². The highest BCUT2D eigenvalue weighted by molar-refractivity contribution is 5.92. The Morgan fingerprint density at radius 2 is 0.907 bits per heavy atom. The van der Waals surface area contributed by atoms with Crippen LogP contribution in [-0.2, 0) is 43.5 Å². The molecule has 2 N–H and O–H groups in total. The molecule has 0 fully saturated rings. The molecule has 0 aliphatic carbocycles. The van der Waals surface area contributed by atoms with E-state index in [9.17, 15) is 9.59 Å². The van der Waals surface area contributed by atoms with Gasteiger partial charge in [0.05, 0.1) is 41.5 Å². The molecule has 54 heavy (non-hydrogen) atoms. The summed E-state index contributed by atoms with van der Waals surface area (Å²) in [5.41, 5.74) is 4.89. The molecule has 4 aromatic carbocycles. The van der Waals surface area contributed by atoms with Crippen LogP contribution in [0.1, 0.15) is 33.4 Å². The Morgan fingerprint density at radius 1 is 0.556 bits per heavy atom. The summed E-state index contributed by atoms with van der Waals surface area (Å²) in [4.78, 5) is 27.6. The van der Waals surface area contributed by atoms with Gasteiger partial charge in [0.2, 0.25) is 0 Å². The fraction of sp³-hybridized carbons (Fsp3) is 0.333. The number of rotatable bonds is 12. The van der Waals surface area contributed by atoms with E-state index in [0.717, 1.165) is 34.4 Å². The summed E-state index contributed by atoms with van der Waals surface area (Å²) < 4.78 is 47.9. The van der Waals surface area contributed by atoms with Gasteiger partial charge in [-0.15, -0.1) is 0 Å². The van der Waals surface area contributed by atoms with Crippen molar-refractivity contribution in [3.8, 4) is 34.5 Å². The lowest BCUT2D eigenvalue weighted by Crippen LogP contribution is -2.46. The van der Waals surface area contributed by atoms with Crippen LogP contribution in [-0.4, -0.2) is 66.6 Å². The number of nitrogens with one attached hydrogen (secondary N) is 2. The van der Waals surface area contributed by atoms with Gasteiger partial charge in [-0.1, -0.05) is 35.4 Å². The number of ether oxygens (including phenoxy) is 8. The molecule has 6 rings (SSSR count). The van der Waals surface area contributed by atoms with Crippen molar-refractivity contribution in [1.29, 1.82) is 0 Å². The lowest BCUT2D eigenvalue weighted by Gasteiger charge is -2.34. The SMILES string of the molecule is COc1cc2c(cc1OC)C(OC(=O)/C=C\C(=O)OC1(Oc3ccc(C)cc3)CNCCc3cc(OC)c(OC)cc31)(Oc1ccc(C)cc1)CNCC2. The minimum Gasteiger partial charge on any atom is -0.493 e. The van der Waals surface area contributed by atoms with E-state index < -0.39 is 23.5 Å². The van der Waals surface area contributed by atoms with Gasteiger partial charge in [0.1, 0.15) is 11.5 Å². The maximum atomic E-state index is 13.8. The van der Waals surface area contributed by atoms with Crippen molar-refractivity contribution >= 4 is 11.9 Å². The van der Waals surface area contributed by atoms with Gasteiger partial charge >= 0.3 is 11.9 Å². The van der Waals surface area contributed by atoms with E-state index in [1.807, 2.05) is 50.2 Å².